The number of rotatable bonds is 4. The van der Waals surface area contributed by atoms with Crippen molar-refractivity contribution in [1.82, 2.24) is 15.5 Å². The fraction of sp³-hybridized carbons (Fsp3) is 0.462. The number of nitrogens with one attached hydrogen (secondary N) is 2. The van der Waals surface area contributed by atoms with Crippen LogP contribution in [0.5, 0.6) is 0 Å². The molecule has 1 aromatic rings. The Hall–Kier alpha value is -2.51. The maximum Gasteiger partial charge on any atom is 0.328 e. The molecular weight excluding hydrogens is 278 g/mol. The van der Waals surface area contributed by atoms with Gasteiger partial charge >= 0.3 is 12.0 Å². The van der Waals surface area contributed by atoms with Gasteiger partial charge in [-0.05, 0) is 19.1 Å². The van der Waals surface area contributed by atoms with E-state index < -0.39 is 18.0 Å². The van der Waals surface area contributed by atoms with Crippen LogP contribution in [0.3, 0.4) is 0 Å². The molecule has 0 saturated carbocycles. The molecule has 2 unspecified atom stereocenters. The highest BCUT2D eigenvalue weighted by Gasteiger charge is 2.35. The van der Waals surface area contributed by atoms with Gasteiger partial charge < -0.3 is 20.2 Å². The molecule has 8 heteroatoms. The molecule has 3 amide bonds. The van der Waals surface area contributed by atoms with Crippen LogP contribution in [0.2, 0.25) is 0 Å². The lowest BCUT2D eigenvalue weighted by Crippen LogP contribution is -2.62. The Balaban J connectivity index is 1.96. The van der Waals surface area contributed by atoms with Gasteiger partial charge in [0.15, 0.2) is 0 Å². The van der Waals surface area contributed by atoms with Crippen LogP contribution < -0.4 is 10.6 Å². The van der Waals surface area contributed by atoms with Crippen LogP contribution in [0.1, 0.15) is 12.7 Å². The lowest BCUT2D eigenvalue weighted by atomic mass is 10.2. The number of carboxylic acid groups (broad SMARTS) is 1. The molecule has 1 aromatic heterocycles. The second kappa shape index (κ2) is 6.29. The summed E-state index contributed by atoms with van der Waals surface area (Å²) < 4.78 is 5.18. The molecule has 3 N–H and O–H groups in total. The second-order valence-electron chi connectivity index (χ2n) is 4.92. The molecule has 1 fully saturated rings. The minimum absolute atomic E-state index is 0.0891. The van der Waals surface area contributed by atoms with Crippen LogP contribution >= 0.6 is 0 Å². The summed E-state index contributed by atoms with van der Waals surface area (Å²) in [7, 11) is 0. The average molecular weight is 295 g/mol. The number of furan rings is 1. The number of nitrogens with zero attached hydrogens (tertiary/aromatic N) is 1. The quantitative estimate of drug-likeness (QED) is 0.712. The molecule has 21 heavy (non-hydrogen) atoms. The van der Waals surface area contributed by atoms with Crippen molar-refractivity contribution in [1.29, 1.82) is 0 Å². The summed E-state index contributed by atoms with van der Waals surface area (Å²) in [5.74, 6) is -0.806. The van der Waals surface area contributed by atoms with Crippen LogP contribution in [0.15, 0.2) is 22.8 Å². The van der Waals surface area contributed by atoms with Crippen LogP contribution in [-0.2, 0) is 16.0 Å². The maximum absolute atomic E-state index is 12.1. The summed E-state index contributed by atoms with van der Waals surface area (Å²) in [6, 6.07) is 1.66. The Morgan fingerprint density at radius 1 is 1.62 bits per heavy atom. The molecule has 114 valence electrons. The number of hydrogen-bond acceptors (Lipinski definition) is 4. The SMILES string of the molecule is CC(Cc1ccco1)NC(=O)N1CC(=O)NCC1C(=O)O. The summed E-state index contributed by atoms with van der Waals surface area (Å²) in [6.45, 7) is 1.42. The highest BCUT2D eigenvalue weighted by atomic mass is 16.4. The average Bonchev–Trinajstić information content (AvgIpc) is 2.90. The molecule has 2 rings (SSSR count). The van der Waals surface area contributed by atoms with Gasteiger partial charge in [-0.25, -0.2) is 9.59 Å². The van der Waals surface area contributed by atoms with Gasteiger partial charge in [-0.2, -0.15) is 0 Å². The number of aliphatic carboxylic acids is 1. The van der Waals surface area contributed by atoms with Crippen molar-refractivity contribution in [3.8, 4) is 0 Å². The lowest BCUT2D eigenvalue weighted by molar-refractivity contribution is -0.144. The zero-order valence-electron chi connectivity index (χ0n) is 11.5. The van der Waals surface area contributed by atoms with E-state index in [2.05, 4.69) is 10.6 Å². The standard InChI is InChI=1S/C13H17N3O5/c1-8(5-9-3-2-4-21-9)15-13(20)16-7-11(17)14-6-10(16)12(18)19/h2-4,8,10H,5-7H2,1H3,(H,14,17)(H,15,20)(H,18,19). The summed E-state index contributed by atoms with van der Waals surface area (Å²) >= 11 is 0. The Morgan fingerprint density at radius 3 is 3.00 bits per heavy atom. The van der Waals surface area contributed by atoms with Crippen LogP contribution in [0.25, 0.3) is 0 Å². The normalized spacial score (nSPS) is 19.8. The minimum atomic E-state index is -1.15. The van der Waals surface area contributed by atoms with Crippen LogP contribution in [0.4, 0.5) is 4.79 Å². The third-order valence-electron chi connectivity index (χ3n) is 3.19. The Labute approximate surface area is 121 Å². The zero-order chi connectivity index (χ0) is 15.4. The van der Waals surface area contributed by atoms with Gasteiger partial charge in [0.2, 0.25) is 5.91 Å². The predicted octanol–water partition coefficient (Wildman–Crippen LogP) is -0.195. The summed E-state index contributed by atoms with van der Waals surface area (Å²) in [6.07, 6.45) is 2.02. The van der Waals surface area contributed by atoms with E-state index in [4.69, 9.17) is 9.52 Å². The number of hydrogen-bond donors (Lipinski definition) is 3. The molecule has 0 bridgehead atoms. The third kappa shape index (κ3) is 3.74. The molecule has 1 saturated heterocycles. The van der Waals surface area contributed by atoms with E-state index in [0.29, 0.717) is 12.2 Å². The molecule has 1 aliphatic heterocycles. The number of carbonyl (C=O) groups is 3. The van der Waals surface area contributed by atoms with Crippen molar-refractivity contribution in [2.75, 3.05) is 13.1 Å². The molecule has 0 aliphatic carbocycles. The summed E-state index contributed by atoms with van der Waals surface area (Å²) in [4.78, 5) is 35.6. The first-order chi connectivity index (χ1) is 9.97. The second-order valence-corrected chi connectivity index (χ2v) is 4.92. The molecule has 0 aromatic carbocycles. The van der Waals surface area contributed by atoms with Gasteiger partial charge in [-0.1, -0.05) is 0 Å². The van der Waals surface area contributed by atoms with Gasteiger partial charge in [0, 0.05) is 19.0 Å². The Morgan fingerprint density at radius 2 is 2.38 bits per heavy atom. The Bertz CT molecular complexity index is 528. The van der Waals surface area contributed by atoms with Gasteiger partial charge in [-0.3, -0.25) is 9.69 Å². The van der Waals surface area contributed by atoms with Crippen molar-refractivity contribution in [3.63, 3.8) is 0 Å². The van der Waals surface area contributed by atoms with Crippen molar-refractivity contribution >= 4 is 17.9 Å². The predicted molar refractivity (Wildman–Crippen MR) is 71.5 cm³/mol. The van der Waals surface area contributed by atoms with Gasteiger partial charge in [0.05, 0.1) is 6.26 Å². The highest BCUT2D eigenvalue weighted by molar-refractivity contribution is 5.90. The molecule has 0 spiro atoms. The van der Waals surface area contributed by atoms with E-state index in [1.165, 1.54) is 0 Å². The molecule has 0 radical (unpaired) electrons. The molecule has 1 aliphatic rings. The van der Waals surface area contributed by atoms with E-state index in [1.807, 2.05) is 0 Å². The lowest BCUT2D eigenvalue weighted by Gasteiger charge is -2.33. The van der Waals surface area contributed by atoms with E-state index >= 15 is 0 Å². The van der Waals surface area contributed by atoms with E-state index in [9.17, 15) is 14.4 Å². The fourth-order valence-electron chi connectivity index (χ4n) is 2.15. The third-order valence-corrected chi connectivity index (χ3v) is 3.19. The van der Waals surface area contributed by atoms with Gasteiger partial charge in [-0.15, -0.1) is 0 Å². The first kappa shape index (κ1) is 14.9. The van der Waals surface area contributed by atoms with Crippen molar-refractivity contribution in [3.05, 3.63) is 24.2 Å². The smallest absolute Gasteiger partial charge is 0.328 e. The maximum atomic E-state index is 12.1. The first-order valence-corrected chi connectivity index (χ1v) is 6.56. The number of amides is 3. The largest absolute Gasteiger partial charge is 0.480 e. The van der Waals surface area contributed by atoms with Crippen molar-refractivity contribution in [2.45, 2.75) is 25.4 Å². The monoisotopic (exact) mass is 295 g/mol. The number of carbonyl (C=O) groups excluding carboxylic acids is 2. The van der Waals surface area contributed by atoms with Gasteiger partial charge in [0.25, 0.3) is 0 Å². The number of carboxylic acids is 1. The minimum Gasteiger partial charge on any atom is -0.480 e. The zero-order valence-corrected chi connectivity index (χ0v) is 11.5. The highest BCUT2D eigenvalue weighted by Crippen LogP contribution is 2.08. The molecule has 8 nitrogen and oxygen atoms in total. The van der Waals surface area contributed by atoms with Crippen molar-refractivity contribution in [2.24, 2.45) is 0 Å². The molecule has 2 heterocycles. The molecular formula is C13H17N3O5. The number of urea groups is 1. The molecule has 2 atom stereocenters. The fourth-order valence-corrected chi connectivity index (χ4v) is 2.15. The topological polar surface area (TPSA) is 112 Å². The summed E-state index contributed by atoms with van der Waals surface area (Å²) in [5.41, 5.74) is 0. The van der Waals surface area contributed by atoms with E-state index in [1.54, 1.807) is 25.3 Å². The van der Waals surface area contributed by atoms with Crippen LogP contribution in [-0.4, -0.2) is 53.1 Å². The first-order valence-electron chi connectivity index (χ1n) is 6.56. The Kier molecular flexibility index (Phi) is 4.46. The van der Waals surface area contributed by atoms with E-state index in [0.717, 1.165) is 4.90 Å². The van der Waals surface area contributed by atoms with Crippen LogP contribution in [0, 0.1) is 0 Å². The van der Waals surface area contributed by atoms with Gasteiger partial charge in [0.1, 0.15) is 18.3 Å². The van der Waals surface area contributed by atoms with Crippen molar-refractivity contribution < 1.29 is 23.9 Å². The van der Waals surface area contributed by atoms with E-state index in [-0.39, 0.29) is 25.0 Å². The summed E-state index contributed by atoms with van der Waals surface area (Å²) in [5, 5.41) is 14.2. The number of piperazine rings is 1.